The lowest BCUT2D eigenvalue weighted by Crippen LogP contribution is -1.90. The van der Waals surface area contributed by atoms with Crippen LogP contribution in [0.3, 0.4) is 0 Å². The normalized spacial score (nSPS) is 11.1. The molecular formula is C16H16N2O. The Labute approximate surface area is 111 Å². The van der Waals surface area contributed by atoms with E-state index in [0.29, 0.717) is 12.2 Å². The topological polar surface area (TPSA) is 48.9 Å². The SMILES string of the molecule is Cc1cc(C)c2nc(Cc3cccc(O)c3)[nH]c2c1. The first kappa shape index (κ1) is 11.8. The summed E-state index contributed by atoms with van der Waals surface area (Å²) in [5, 5.41) is 9.48. The summed E-state index contributed by atoms with van der Waals surface area (Å²) in [6.07, 6.45) is 0.696. The average molecular weight is 252 g/mol. The van der Waals surface area contributed by atoms with Crippen LogP contribution in [0.25, 0.3) is 11.0 Å². The highest BCUT2D eigenvalue weighted by Gasteiger charge is 2.07. The van der Waals surface area contributed by atoms with Crippen LogP contribution >= 0.6 is 0 Å². The number of hydrogen-bond donors (Lipinski definition) is 2. The second kappa shape index (κ2) is 4.43. The van der Waals surface area contributed by atoms with E-state index in [1.54, 1.807) is 12.1 Å². The molecule has 0 saturated carbocycles. The summed E-state index contributed by atoms with van der Waals surface area (Å²) in [5.74, 6) is 1.22. The number of aromatic nitrogens is 2. The monoisotopic (exact) mass is 252 g/mol. The van der Waals surface area contributed by atoms with Crippen LogP contribution in [0, 0.1) is 13.8 Å². The Hall–Kier alpha value is -2.29. The van der Waals surface area contributed by atoms with Crippen molar-refractivity contribution in [3.8, 4) is 5.75 Å². The Morgan fingerprint density at radius 1 is 1.16 bits per heavy atom. The molecule has 0 radical (unpaired) electrons. The van der Waals surface area contributed by atoms with Gasteiger partial charge in [0.05, 0.1) is 11.0 Å². The Bertz CT molecular complexity index is 744. The number of nitrogens with one attached hydrogen (secondary N) is 1. The maximum Gasteiger partial charge on any atom is 0.115 e. The number of phenols is 1. The fourth-order valence-electron chi connectivity index (χ4n) is 2.47. The van der Waals surface area contributed by atoms with Crippen molar-refractivity contribution in [3.63, 3.8) is 0 Å². The molecule has 0 aliphatic rings. The van der Waals surface area contributed by atoms with Crippen LogP contribution in [0.1, 0.15) is 22.5 Å². The molecule has 3 heteroatoms. The largest absolute Gasteiger partial charge is 0.508 e. The third-order valence-corrected chi connectivity index (χ3v) is 3.25. The van der Waals surface area contributed by atoms with Crippen molar-refractivity contribution in [1.29, 1.82) is 0 Å². The molecular weight excluding hydrogens is 236 g/mol. The lowest BCUT2D eigenvalue weighted by atomic mass is 10.1. The third-order valence-electron chi connectivity index (χ3n) is 3.25. The number of nitrogens with zero attached hydrogens (tertiary/aromatic N) is 1. The molecule has 19 heavy (non-hydrogen) atoms. The number of imidazole rings is 1. The molecule has 3 rings (SSSR count). The van der Waals surface area contributed by atoms with Crippen LogP contribution in [-0.2, 0) is 6.42 Å². The summed E-state index contributed by atoms with van der Waals surface area (Å²) in [6.45, 7) is 4.16. The number of aromatic amines is 1. The first-order valence-electron chi connectivity index (χ1n) is 6.35. The molecule has 0 atom stereocenters. The van der Waals surface area contributed by atoms with Crippen LogP contribution in [-0.4, -0.2) is 15.1 Å². The van der Waals surface area contributed by atoms with Gasteiger partial charge in [0.1, 0.15) is 11.6 Å². The number of aryl methyl sites for hydroxylation is 2. The Balaban J connectivity index is 2.00. The second-order valence-corrected chi connectivity index (χ2v) is 5.01. The van der Waals surface area contributed by atoms with Crippen molar-refractivity contribution in [2.45, 2.75) is 20.3 Å². The van der Waals surface area contributed by atoms with E-state index >= 15 is 0 Å². The number of rotatable bonds is 2. The van der Waals surface area contributed by atoms with E-state index in [1.807, 2.05) is 12.1 Å². The molecule has 0 aliphatic carbocycles. The molecule has 0 spiro atoms. The van der Waals surface area contributed by atoms with Crippen molar-refractivity contribution >= 4 is 11.0 Å². The maximum absolute atomic E-state index is 9.48. The molecule has 0 unspecified atom stereocenters. The average Bonchev–Trinajstić information content (AvgIpc) is 2.71. The van der Waals surface area contributed by atoms with Crippen LogP contribution in [0.15, 0.2) is 36.4 Å². The number of fused-ring (bicyclic) bond motifs is 1. The van der Waals surface area contributed by atoms with Gasteiger partial charge in [0.25, 0.3) is 0 Å². The highest BCUT2D eigenvalue weighted by molar-refractivity contribution is 5.79. The van der Waals surface area contributed by atoms with Gasteiger partial charge in [-0.3, -0.25) is 0 Å². The number of hydrogen-bond acceptors (Lipinski definition) is 2. The van der Waals surface area contributed by atoms with Crippen molar-refractivity contribution in [2.24, 2.45) is 0 Å². The minimum absolute atomic E-state index is 0.292. The smallest absolute Gasteiger partial charge is 0.115 e. The van der Waals surface area contributed by atoms with Crippen LogP contribution in [0.4, 0.5) is 0 Å². The zero-order valence-corrected chi connectivity index (χ0v) is 11.1. The summed E-state index contributed by atoms with van der Waals surface area (Å²) < 4.78 is 0. The summed E-state index contributed by atoms with van der Waals surface area (Å²) >= 11 is 0. The summed E-state index contributed by atoms with van der Waals surface area (Å²) in [7, 11) is 0. The highest BCUT2D eigenvalue weighted by Crippen LogP contribution is 2.20. The van der Waals surface area contributed by atoms with E-state index in [0.717, 1.165) is 22.4 Å². The van der Waals surface area contributed by atoms with Gasteiger partial charge < -0.3 is 10.1 Å². The minimum Gasteiger partial charge on any atom is -0.508 e. The van der Waals surface area contributed by atoms with Crippen molar-refractivity contribution in [2.75, 3.05) is 0 Å². The zero-order valence-electron chi connectivity index (χ0n) is 11.1. The molecule has 0 aliphatic heterocycles. The summed E-state index contributed by atoms with van der Waals surface area (Å²) in [4.78, 5) is 7.99. The van der Waals surface area contributed by atoms with Gasteiger partial charge in [0.2, 0.25) is 0 Å². The predicted molar refractivity (Wildman–Crippen MR) is 76.5 cm³/mol. The molecule has 3 nitrogen and oxygen atoms in total. The molecule has 1 heterocycles. The molecule has 0 fully saturated rings. The molecule has 0 bridgehead atoms. The van der Waals surface area contributed by atoms with Crippen LogP contribution in [0.2, 0.25) is 0 Å². The fraction of sp³-hybridized carbons (Fsp3) is 0.188. The molecule has 3 aromatic rings. The molecule has 96 valence electrons. The first-order chi connectivity index (χ1) is 9.11. The molecule has 2 N–H and O–H groups in total. The minimum atomic E-state index is 0.292. The standard InChI is InChI=1S/C16H16N2O/c1-10-6-11(2)16-14(7-10)17-15(18-16)9-12-4-3-5-13(19)8-12/h3-8,19H,9H2,1-2H3,(H,17,18). The van der Waals surface area contributed by atoms with Gasteiger partial charge in [0.15, 0.2) is 0 Å². The van der Waals surface area contributed by atoms with Crippen LogP contribution in [0.5, 0.6) is 5.75 Å². The van der Waals surface area contributed by atoms with E-state index in [1.165, 1.54) is 11.1 Å². The van der Waals surface area contributed by atoms with Crippen molar-refractivity contribution in [3.05, 3.63) is 58.9 Å². The lowest BCUT2D eigenvalue weighted by Gasteiger charge is -1.98. The van der Waals surface area contributed by atoms with Crippen molar-refractivity contribution in [1.82, 2.24) is 9.97 Å². The van der Waals surface area contributed by atoms with E-state index in [9.17, 15) is 5.11 Å². The number of phenolic OH excluding ortho intramolecular Hbond substituents is 1. The summed E-state index contributed by atoms with van der Waals surface area (Å²) in [5.41, 5.74) is 5.58. The second-order valence-electron chi connectivity index (χ2n) is 5.01. The van der Waals surface area contributed by atoms with E-state index in [-0.39, 0.29) is 0 Å². The van der Waals surface area contributed by atoms with Gasteiger partial charge in [-0.05, 0) is 48.7 Å². The lowest BCUT2D eigenvalue weighted by molar-refractivity contribution is 0.474. The Kier molecular flexibility index (Phi) is 2.75. The molecule has 0 amide bonds. The van der Waals surface area contributed by atoms with Crippen LogP contribution < -0.4 is 0 Å². The highest BCUT2D eigenvalue weighted by atomic mass is 16.3. The van der Waals surface area contributed by atoms with Gasteiger partial charge in [0, 0.05) is 6.42 Å². The molecule has 1 aromatic heterocycles. The van der Waals surface area contributed by atoms with Gasteiger partial charge in [-0.1, -0.05) is 18.2 Å². The predicted octanol–water partition coefficient (Wildman–Crippen LogP) is 3.48. The molecule has 2 aromatic carbocycles. The zero-order chi connectivity index (χ0) is 13.4. The van der Waals surface area contributed by atoms with E-state index in [2.05, 4.69) is 35.9 Å². The van der Waals surface area contributed by atoms with Gasteiger partial charge in [-0.2, -0.15) is 0 Å². The number of benzene rings is 2. The first-order valence-corrected chi connectivity index (χ1v) is 6.35. The van der Waals surface area contributed by atoms with Gasteiger partial charge >= 0.3 is 0 Å². The quantitative estimate of drug-likeness (QED) is 0.733. The van der Waals surface area contributed by atoms with E-state index in [4.69, 9.17) is 0 Å². The number of aromatic hydroxyl groups is 1. The van der Waals surface area contributed by atoms with E-state index < -0.39 is 0 Å². The third kappa shape index (κ3) is 2.32. The summed E-state index contributed by atoms with van der Waals surface area (Å²) in [6, 6.07) is 11.5. The van der Waals surface area contributed by atoms with Crippen molar-refractivity contribution < 1.29 is 5.11 Å². The fourth-order valence-corrected chi connectivity index (χ4v) is 2.47. The maximum atomic E-state index is 9.48. The van der Waals surface area contributed by atoms with Gasteiger partial charge in [-0.15, -0.1) is 0 Å². The Morgan fingerprint density at radius 2 is 2.00 bits per heavy atom. The number of H-pyrrole nitrogens is 1. The van der Waals surface area contributed by atoms with Gasteiger partial charge in [-0.25, -0.2) is 4.98 Å². The Morgan fingerprint density at radius 3 is 2.79 bits per heavy atom. The molecule has 0 saturated heterocycles.